The van der Waals surface area contributed by atoms with Gasteiger partial charge in [-0.3, -0.25) is 19.2 Å². The first-order valence-electron chi connectivity index (χ1n) is 12.1. The molecule has 0 spiro atoms. The van der Waals surface area contributed by atoms with Gasteiger partial charge in [0.15, 0.2) is 11.5 Å². The van der Waals surface area contributed by atoms with Gasteiger partial charge in [0.2, 0.25) is 12.7 Å². The van der Waals surface area contributed by atoms with Crippen molar-refractivity contribution in [1.29, 1.82) is 0 Å². The maximum absolute atomic E-state index is 13.9. The summed E-state index contributed by atoms with van der Waals surface area (Å²) < 4.78 is 12.8. The molecule has 0 atom stereocenters. The highest BCUT2D eigenvalue weighted by atomic mass is 16.7. The molecule has 3 heterocycles. The number of benzene rings is 3. The van der Waals surface area contributed by atoms with Gasteiger partial charge in [-0.05, 0) is 49.2 Å². The van der Waals surface area contributed by atoms with Crippen LogP contribution in [0.25, 0.3) is 0 Å². The van der Waals surface area contributed by atoms with Crippen molar-refractivity contribution in [2.75, 3.05) is 18.4 Å². The van der Waals surface area contributed by atoms with Gasteiger partial charge in [0, 0.05) is 24.2 Å². The largest absolute Gasteiger partial charge is 0.454 e. The fourth-order valence-electron chi connectivity index (χ4n) is 4.85. The maximum atomic E-state index is 13.9. The highest BCUT2D eigenvalue weighted by Crippen LogP contribution is 2.34. The minimum Gasteiger partial charge on any atom is -0.454 e. The molecule has 2 aliphatic rings. The predicted octanol–water partition coefficient (Wildman–Crippen LogP) is 4.75. The van der Waals surface area contributed by atoms with E-state index in [1.54, 1.807) is 0 Å². The SMILES string of the molecule is Cc1ccc(N2CN(Cc3ccc4c(c3)OCO4)Cn3c2nc(C)c(Cc2ccccc2)c3=O)cc1. The fourth-order valence-corrected chi connectivity index (χ4v) is 4.85. The molecule has 0 radical (unpaired) electrons. The van der Waals surface area contributed by atoms with E-state index in [9.17, 15) is 4.79 Å². The Balaban J connectivity index is 1.39. The van der Waals surface area contributed by atoms with E-state index in [2.05, 4.69) is 47.1 Å². The smallest absolute Gasteiger partial charge is 0.259 e. The minimum absolute atomic E-state index is 0.00820. The van der Waals surface area contributed by atoms with Crippen molar-refractivity contribution in [3.8, 4) is 11.5 Å². The third kappa shape index (κ3) is 4.22. The number of anilines is 2. The summed E-state index contributed by atoms with van der Waals surface area (Å²) >= 11 is 0. The average Bonchev–Trinajstić information content (AvgIpc) is 3.36. The normalized spacial score (nSPS) is 14.7. The zero-order chi connectivity index (χ0) is 24.6. The molecule has 0 unspecified atom stereocenters. The van der Waals surface area contributed by atoms with Crippen molar-refractivity contribution >= 4 is 11.6 Å². The lowest BCUT2D eigenvalue weighted by atomic mass is 10.1. The van der Waals surface area contributed by atoms with Gasteiger partial charge in [-0.1, -0.05) is 54.1 Å². The number of rotatable bonds is 5. The molecular formula is C29H28N4O3. The number of hydrogen-bond acceptors (Lipinski definition) is 6. The molecule has 7 heteroatoms. The zero-order valence-corrected chi connectivity index (χ0v) is 20.5. The molecule has 0 saturated heterocycles. The molecule has 0 saturated carbocycles. The second kappa shape index (κ2) is 9.17. The van der Waals surface area contributed by atoms with Gasteiger partial charge in [0.05, 0.1) is 19.0 Å². The van der Waals surface area contributed by atoms with E-state index in [1.165, 1.54) is 5.56 Å². The molecule has 1 aromatic heterocycles. The molecule has 0 fully saturated rings. The van der Waals surface area contributed by atoms with E-state index in [1.807, 2.05) is 54.0 Å². The van der Waals surface area contributed by atoms with Crippen LogP contribution in [0.3, 0.4) is 0 Å². The summed E-state index contributed by atoms with van der Waals surface area (Å²) in [6.07, 6.45) is 0.561. The Morgan fingerprint density at radius 3 is 2.44 bits per heavy atom. The lowest BCUT2D eigenvalue weighted by Gasteiger charge is -2.38. The Hall–Kier alpha value is -4.10. The van der Waals surface area contributed by atoms with Gasteiger partial charge < -0.3 is 9.47 Å². The van der Waals surface area contributed by atoms with Crippen LogP contribution in [0.5, 0.6) is 11.5 Å². The monoisotopic (exact) mass is 480 g/mol. The molecular weight excluding hydrogens is 452 g/mol. The molecule has 36 heavy (non-hydrogen) atoms. The summed E-state index contributed by atoms with van der Waals surface area (Å²) in [7, 11) is 0. The molecule has 2 aliphatic heterocycles. The molecule has 3 aromatic carbocycles. The molecule has 7 nitrogen and oxygen atoms in total. The topological polar surface area (TPSA) is 59.8 Å². The summed E-state index contributed by atoms with van der Waals surface area (Å²) in [4.78, 5) is 23.2. The average molecular weight is 481 g/mol. The van der Waals surface area contributed by atoms with Crippen molar-refractivity contribution in [2.45, 2.75) is 33.5 Å². The summed E-state index contributed by atoms with van der Waals surface area (Å²) in [5.74, 6) is 2.21. The van der Waals surface area contributed by atoms with Crippen molar-refractivity contribution in [3.63, 3.8) is 0 Å². The summed E-state index contributed by atoms with van der Waals surface area (Å²) in [6, 6.07) is 24.5. The van der Waals surface area contributed by atoms with E-state index in [4.69, 9.17) is 14.5 Å². The third-order valence-electron chi connectivity index (χ3n) is 6.79. The van der Waals surface area contributed by atoms with E-state index in [-0.39, 0.29) is 12.4 Å². The second-order valence-electron chi connectivity index (χ2n) is 9.43. The Morgan fingerprint density at radius 1 is 0.861 bits per heavy atom. The van der Waals surface area contributed by atoms with Crippen LogP contribution in [-0.4, -0.2) is 27.9 Å². The number of aromatic nitrogens is 2. The molecule has 4 aromatic rings. The highest BCUT2D eigenvalue weighted by Gasteiger charge is 2.28. The molecule has 182 valence electrons. The predicted molar refractivity (Wildman–Crippen MR) is 139 cm³/mol. The molecule has 6 rings (SSSR count). The first-order valence-corrected chi connectivity index (χ1v) is 12.1. The molecule has 0 aliphatic carbocycles. The van der Waals surface area contributed by atoms with Crippen LogP contribution in [0.4, 0.5) is 11.6 Å². The summed E-state index contributed by atoms with van der Waals surface area (Å²) in [6.45, 7) is 5.99. The van der Waals surface area contributed by atoms with Crippen LogP contribution in [0.15, 0.2) is 77.6 Å². The number of ether oxygens (including phenoxy) is 2. The van der Waals surface area contributed by atoms with E-state index >= 15 is 0 Å². The second-order valence-corrected chi connectivity index (χ2v) is 9.43. The Labute approximate surface area is 210 Å². The number of hydrogen-bond donors (Lipinski definition) is 0. The third-order valence-corrected chi connectivity index (χ3v) is 6.79. The molecule has 0 bridgehead atoms. The van der Waals surface area contributed by atoms with Crippen molar-refractivity contribution < 1.29 is 9.47 Å². The summed E-state index contributed by atoms with van der Waals surface area (Å²) in [5.41, 5.74) is 5.91. The van der Waals surface area contributed by atoms with E-state index in [0.717, 1.165) is 39.6 Å². The molecule has 0 N–H and O–H groups in total. The molecule has 0 amide bonds. The van der Waals surface area contributed by atoms with Crippen molar-refractivity contribution in [1.82, 2.24) is 14.5 Å². The fraction of sp³-hybridized carbons (Fsp3) is 0.241. The van der Waals surface area contributed by atoms with Gasteiger partial charge in [0.25, 0.3) is 5.56 Å². The van der Waals surface area contributed by atoms with Crippen molar-refractivity contribution in [2.24, 2.45) is 0 Å². The maximum Gasteiger partial charge on any atom is 0.259 e. The number of nitrogens with zero attached hydrogens (tertiary/aromatic N) is 4. The van der Waals surface area contributed by atoms with Gasteiger partial charge in [-0.2, -0.15) is 0 Å². The Morgan fingerprint density at radius 2 is 1.64 bits per heavy atom. The van der Waals surface area contributed by atoms with Crippen LogP contribution in [0.2, 0.25) is 0 Å². The van der Waals surface area contributed by atoms with Gasteiger partial charge in [0.1, 0.15) is 0 Å². The van der Waals surface area contributed by atoms with Crippen LogP contribution in [0, 0.1) is 13.8 Å². The number of aryl methyl sites for hydroxylation is 2. The zero-order valence-electron chi connectivity index (χ0n) is 20.5. The number of fused-ring (bicyclic) bond motifs is 2. The lowest BCUT2D eigenvalue weighted by molar-refractivity contribution is 0.173. The Bertz CT molecular complexity index is 1460. The van der Waals surface area contributed by atoms with Gasteiger partial charge in [-0.15, -0.1) is 0 Å². The van der Waals surface area contributed by atoms with Crippen LogP contribution in [-0.2, 0) is 19.6 Å². The van der Waals surface area contributed by atoms with Gasteiger partial charge >= 0.3 is 0 Å². The van der Waals surface area contributed by atoms with Crippen LogP contribution >= 0.6 is 0 Å². The highest BCUT2D eigenvalue weighted by molar-refractivity contribution is 5.59. The van der Waals surface area contributed by atoms with Crippen LogP contribution in [0.1, 0.15) is 27.9 Å². The first-order chi connectivity index (χ1) is 17.5. The van der Waals surface area contributed by atoms with E-state index in [0.29, 0.717) is 32.3 Å². The summed E-state index contributed by atoms with van der Waals surface area (Å²) in [5, 5.41) is 0. The lowest BCUT2D eigenvalue weighted by Crippen LogP contribution is -2.47. The van der Waals surface area contributed by atoms with Gasteiger partial charge in [-0.25, -0.2) is 4.98 Å². The first kappa shape index (κ1) is 22.4. The van der Waals surface area contributed by atoms with E-state index < -0.39 is 0 Å². The minimum atomic E-state index is 0.00820. The Kier molecular flexibility index (Phi) is 5.70. The quantitative estimate of drug-likeness (QED) is 0.411. The standard InChI is InChI=1S/C29H28N4O3/c1-20-8-11-24(12-9-20)32-17-31(16-23-10-13-26-27(15-23)36-19-35-26)18-33-28(34)25(21(2)30-29(32)33)14-22-6-4-3-5-7-22/h3-13,15H,14,16-19H2,1-2H3. The van der Waals surface area contributed by atoms with Crippen LogP contribution < -0.4 is 19.9 Å². The van der Waals surface area contributed by atoms with Crippen molar-refractivity contribution in [3.05, 3.63) is 111 Å².